The number of nitrogens with two attached hydrogens (primary N) is 2. The van der Waals surface area contributed by atoms with Crippen LogP contribution < -0.4 is 16.4 Å². The van der Waals surface area contributed by atoms with E-state index in [0.29, 0.717) is 23.7 Å². The smallest absolute Gasteiger partial charge is 0.222 e. The van der Waals surface area contributed by atoms with Crippen molar-refractivity contribution in [3.63, 3.8) is 0 Å². The molecule has 0 amide bonds. The van der Waals surface area contributed by atoms with Gasteiger partial charge < -0.3 is 16.4 Å². The second-order valence-corrected chi connectivity index (χ2v) is 6.99. The van der Waals surface area contributed by atoms with Crippen molar-refractivity contribution in [3.05, 3.63) is 24.3 Å². The number of anilines is 3. The first kappa shape index (κ1) is 15.7. The van der Waals surface area contributed by atoms with Gasteiger partial charge in [0.05, 0.1) is 11.2 Å². The number of aromatic nitrogens is 4. The molecule has 0 saturated carbocycles. The molecule has 1 aromatic carbocycles. The molecule has 0 spiro atoms. The molecule has 1 fully saturated rings. The molecular weight excluding hydrogens is 314 g/mol. The van der Waals surface area contributed by atoms with Gasteiger partial charge in [-0.05, 0) is 30.9 Å². The molecule has 0 bridgehead atoms. The molecular formula is C18H23N7. The fraction of sp³-hybridized carbons (Fsp3) is 0.389. The molecule has 7 nitrogen and oxygen atoms in total. The SMILES string of the molecule is CC(C)C1CCCN1c1cc(-c2ccc3c(N)n[nH]c3c2)nc(N)n1. The molecule has 3 heterocycles. The molecule has 1 saturated heterocycles. The van der Waals surface area contributed by atoms with Gasteiger partial charge in [0.25, 0.3) is 0 Å². The van der Waals surface area contributed by atoms with Crippen LogP contribution in [0.25, 0.3) is 22.2 Å². The Hall–Kier alpha value is -2.83. The van der Waals surface area contributed by atoms with Gasteiger partial charge in [0.15, 0.2) is 5.82 Å². The average molecular weight is 337 g/mol. The van der Waals surface area contributed by atoms with Crippen LogP contribution in [0.2, 0.25) is 0 Å². The summed E-state index contributed by atoms with van der Waals surface area (Å²) in [6.45, 7) is 5.52. The molecule has 1 unspecified atom stereocenters. The summed E-state index contributed by atoms with van der Waals surface area (Å²) in [5.41, 5.74) is 14.5. The summed E-state index contributed by atoms with van der Waals surface area (Å²) < 4.78 is 0. The molecule has 3 aromatic rings. The fourth-order valence-corrected chi connectivity index (χ4v) is 3.72. The van der Waals surface area contributed by atoms with E-state index in [1.807, 2.05) is 24.3 Å². The molecule has 1 aliphatic heterocycles. The number of H-pyrrole nitrogens is 1. The summed E-state index contributed by atoms with van der Waals surface area (Å²) >= 11 is 0. The van der Waals surface area contributed by atoms with E-state index in [2.05, 4.69) is 38.9 Å². The van der Waals surface area contributed by atoms with Crippen molar-refractivity contribution in [1.29, 1.82) is 0 Å². The van der Waals surface area contributed by atoms with Gasteiger partial charge in [-0.25, -0.2) is 4.98 Å². The van der Waals surface area contributed by atoms with E-state index in [-0.39, 0.29) is 0 Å². The van der Waals surface area contributed by atoms with Gasteiger partial charge in [0.2, 0.25) is 5.95 Å². The quantitative estimate of drug-likeness (QED) is 0.678. The lowest BCUT2D eigenvalue weighted by Crippen LogP contribution is -2.34. The monoisotopic (exact) mass is 337 g/mol. The molecule has 2 aromatic heterocycles. The highest BCUT2D eigenvalue weighted by Crippen LogP contribution is 2.32. The minimum absolute atomic E-state index is 0.297. The van der Waals surface area contributed by atoms with Crippen molar-refractivity contribution in [2.24, 2.45) is 5.92 Å². The first-order valence-electron chi connectivity index (χ1n) is 8.68. The number of hydrogen-bond acceptors (Lipinski definition) is 6. The van der Waals surface area contributed by atoms with Crippen LogP contribution in [0.4, 0.5) is 17.6 Å². The van der Waals surface area contributed by atoms with Crippen molar-refractivity contribution in [3.8, 4) is 11.3 Å². The first-order valence-corrected chi connectivity index (χ1v) is 8.68. The maximum Gasteiger partial charge on any atom is 0.222 e. The zero-order valence-corrected chi connectivity index (χ0v) is 14.5. The lowest BCUT2D eigenvalue weighted by molar-refractivity contribution is 0.489. The lowest BCUT2D eigenvalue weighted by atomic mass is 10.0. The van der Waals surface area contributed by atoms with Gasteiger partial charge in [-0.2, -0.15) is 10.1 Å². The number of nitrogens with one attached hydrogen (secondary N) is 1. The van der Waals surface area contributed by atoms with Crippen molar-refractivity contribution in [2.75, 3.05) is 22.9 Å². The number of fused-ring (bicyclic) bond motifs is 1. The highest BCUT2D eigenvalue weighted by molar-refractivity contribution is 5.91. The molecule has 4 rings (SSSR count). The van der Waals surface area contributed by atoms with Crippen LogP contribution >= 0.6 is 0 Å². The summed E-state index contributed by atoms with van der Waals surface area (Å²) in [5, 5.41) is 7.90. The molecule has 25 heavy (non-hydrogen) atoms. The van der Waals surface area contributed by atoms with Gasteiger partial charge in [-0.15, -0.1) is 0 Å². The standard InChI is InChI=1S/C18H23N7/c1-10(2)15-4-3-7-25(15)16-9-13(21-18(20)22-16)11-5-6-12-14(8-11)23-24-17(12)19/h5-6,8-10,15H,3-4,7H2,1-2H3,(H3,19,23,24)(H2,20,21,22). The van der Waals surface area contributed by atoms with E-state index in [1.54, 1.807) is 0 Å². The van der Waals surface area contributed by atoms with Crippen LogP contribution in [0, 0.1) is 5.92 Å². The molecule has 1 atom stereocenters. The number of aromatic amines is 1. The number of benzene rings is 1. The van der Waals surface area contributed by atoms with Crippen LogP contribution in [0.5, 0.6) is 0 Å². The molecule has 0 aliphatic carbocycles. The third-order valence-electron chi connectivity index (χ3n) is 4.98. The minimum atomic E-state index is 0.297. The Labute approximate surface area is 146 Å². The zero-order chi connectivity index (χ0) is 17.6. The highest BCUT2D eigenvalue weighted by Gasteiger charge is 2.28. The van der Waals surface area contributed by atoms with Crippen LogP contribution in [-0.4, -0.2) is 32.8 Å². The van der Waals surface area contributed by atoms with E-state index in [9.17, 15) is 0 Å². The second kappa shape index (κ2) is 5.91. The van der Waals surface area contributed by atoms with Crippen molar-refractivity contribution < 1.29 is 0 Å². The molecule has 0 radical (unpaired) electrons. The van der Waals surface area contributed by atoms with E-state index in [1.165, 1.54) is 12.8 Å². The minimum Gasteiger partial charge on any atom is -0.382 e. The zero-order valence-electron chi connectivity index (χ0n) is 14.5. The van der Waals surface area contributed by atoms with Crippen LogP contribution in [0.3, 0.4) is 0 Å². The lowest BCUT2D eigenvalue weighted by Gasteiger charge is -2.29. The van der Waals surface area contributed by atoms with E-state index in [4.69, 9.17) is 11.5 Å². The van der Waals surface area contributed by atoms with Crippen LogP contribution in [-0.2, 0) is 0 Å². The maximum absolute atomic E-state index is 6.01. The van der Waals surface area contributed by atoms with Crippen LogP contribution in [0.15, 0.2) is 24.3 Å². The largest absolute Gasteiger partial charge is 0.382 e. The molecule has 7 heteroatoms. The van der Waals surface area contributed by atoms with Gasteiger partial charge >= 0.3 is 0 Å². The Bertz CT molecular complexity index is 915. The first-order chi connectivity index (χ1) is 12.0. The number of nitrogens with zero attached hydrogens (tertiary/aromatic N) is 4. The van der Waals surface area contributed by atoms with Crippen molar-refractivity contribution in [2.45, 2.75) is 32.7 Å². The maximum atomic E-state index is 6.01. The Morgan fingerprint density at radius 3 is 2.84 bits per heavy atom. The van der Waals surface area contributed by atoms with Gasteiger partial charge in [-0.1, -0.05) is 19.9 Å². The van der Waals surface area contributed by atoms with E-state index < -0.39 is 0 Å². The third-order valence-corrected chi connectivity index (χ3v) is 4.98. The predicted molar refractivity (Wildman–Crippen MR) is 101 cm³/mol. The van der Waals surface area contributed by atoms with E-state index in [0.717, 1.165) is 34.5 Å². The number of nitrogen functional groups attached to an aromatic ring is 2. The van der Waals surface area contributed by atoms with Gasteiger partial charge in [0, 0.05) is 29.6 Å². The fourth-order valence-electron chi connectivity index (χ4n) is 3.72. The Morgan fingerprint density at radius 1 is 1.20 bits per heavy atom. The second-order valence-electron chi connectivity index (χ2n) is 6.99. The van der Waals surface area contributed by atoms with Crippen molar-refractivity contribution >= 4 is 28.5 Å². The molecule has 130 valence electrons. The number of rotatable bonds is 3. The topological polar surface area (TPSA) is 110 Å². The molecule has 5 N–H and O–H groups in total. The average Bonchev–Trinajstić information content (AvgIpc) is 3.21. The Balaban J connectivity index is 1.76. The summed E-state index contributed by atoms with van der Waals surface area (Å²) in [4.78, 5) is 11.3. The third kappa shape index (κ3) is 2.75. The predicted octanol–water partition coefficient (Wildman–Crippen LogP) is 2.81. The highest BCUT2D eigenvalue weighted by atomic mass is 15.2. The summed E-state index contributed by atoms with van der Waals surface area (Å²) in [5.74, 6) is 2.28. The number of hydrogen-bond donors (Lipinski definition) is 3. The summed E-state index contributed by atoms with van der Waals surface area (Å²) in [7, 11) is 0. The van der Waals surface area contributed by atoms with Gasteiger partial charge in [-0.3, -0.25) is 5.10 Å². The van der Waals surface area contributed by atoms with E-state index >= 15 is 0 Å². The Morgan fingerprint density at radius 2 is 2.04 bits per heavy atom. The normalized spacial score (nSPS) is 17.7. The summed E-state index contributed by atoms with van der Waals surface area (Å²) in [6, 6.07) is 8.46. The van der Waals surface area contributed by atoms with Crippen molar-refractivity contribution in [1.82, 2.24) is 20.2 Å². The molecule has 1 aliphatic rings. The summed E-state index contributed by atoms with van der Waals surface area (Å²) in [6.07, 6.45) is 2.37. The van der Waals surface area contributed by atoms with Gasteiger partial charge in [0.1, 0.15) is 5.82 Å². The van der Waals surface area contributed by atoms with Crippen LogP contribution in [0.1, 0.15) is 26.7 Å². The Kier molecular flexibility index (Phi) is 3.71.